The van der Waals surface area contributed by atoms with Crippen molar-refractivity contribution in [1.29, 1.82) is 0 Å². The summed E-state index contributed by atoms with van der Waals surface area (Å²) in [6.45, 7) is 2.23. The SMILES string of the molecule is Cc1cccc2oc(CCNS(=O)(=O)Cc3ccccc3)nc12. The molecule has 1 aromatic heterocycles. The molecule has 2 aromatic carbocycles. The van der Waals surface area contributed by atoms with Crippen LogP contribution in [-0.2, 0) is 22.2 Å². The fourth-order valence-electron chi connectivity index (χ4n) is 2.40. The van der Waals surface area contributed by atoms with Crippen molar-refractivity contribution in [2.75, 3.05) is 6.54 Å². The van der Waals surface area contributed by atoms with Gasteiger partial charge in [-0.1, -0.05) is 42.5 Å². The minimum absolute atomic E-state index is 0.0273. The number of hydrogen-bond donors (Lipinski definition) is 1. The number of sulfonamides is 1. The Morgan fingerprint density at radius 2 is 1.87 bits per heavy atom. The first-order chi connectivity index (χ1) is 11.0. The van der Waals surface area contributed by atoms with Crippen LogP contribution in [0.3, 0.4) is 0 Å². The van der Waals surface area contributed by atoms with E-state index in [1.54, 1.807) is 12.1 Å². The first-order valence-corrected chi connectivity index (χ1v) is 9.05. The number of hydrogen-bond acceptors (Lipinski definition) is 4. The lowest BCUT2D eigenvalue weighted by molar-refractivity contribution is 0.523. The minimum atomic E-state index is -3.36. The number of aromatic nitrogens is 1. The average Bonchev–Trinajstić information content (AvgIpc) is 2.92. The predicted octanol–water partition coefficient (Wildman–Crippen LogP) is 2.80. The summed E-state index contributed by atoms with van der Waals surface area (Å²) in [6.07, 6.45) is 0.419. The van der Waals surface area contributed by atoms with Gasteiger partial charge in [-0.25, -0.2) is 18.1 Å². The lowest BCUT2D eigenvalue weighted by Gasteiger charge is -2.05. The van der Waals surface area contributed by atoms with Gasteiger partial charge in [-0.05, 0) is 24.1 Å². The van der Waals surface area contributed by atoms with E-state index in [-0.39, 0.29) is 12.3 Å². The maximum absolute atomic E-state index is 12.1. The zero-order chi connectivity index (χ0) is 16.3. The first kappa shape index (κ1) is 15.7. The summed E-state index contributed by atoms with van der Waals surface area (Å²) in [7, 11) is -3.36. The fraction of sp³-hybridized carbons (Fsp3) is 0.235. The van der Waals surface area contributed by atoms with Gasteiger partial charge in [0, 0.05) is 13.0 Å². The third-order valence-corrected chi connectivity index (χ3v) is 4.88. The normalized spacial score (nSPS) is 11.9. The molecule has 0 bridgehead atoms. The van der Waals surface area contributed by atoms with E-state index in [0.29, 0.717) is 12.3 Å². The van der Waals surface area contributed by atoms with Crippen LogP contribution in [0.4, 0.5) is 0 Å². The monoisotopic (exact) mass is 330 g/mol. The molecule has 3 rings (SSSR count). The molecular weight excluding hydrogens is 312 g/mol. The number of para-hydroxylation sites is 1. The predicted molar refractivity (Wildman–Crippen MR) is 89.5 cm³/mol. The highest BCUT2D eigenvalue weighted by Gasteiger charge is 2.12. The summed E-state index contributed by atoms with van der Waals surface area (Å²) >= 11 is 0. The number of benzene rings is 2. The Kier molecular flexibility index (Phi) is 4.45. The smallest absolute Gasteiger partial charge is 0.215 e. The summed E-state index contributed by atoms with van der Waals surface area (Å²) in [4.78, 5) is 4.41. The summed E-state index contributed by atoms with van der Waals surface area (Å²) in [6, 6.07) is 14.8. The zero-order valence-corrected chi connectivity index (χ0v) is 13.6. The second-order valence-electron chi connectivity index (χ2n) is 5.42. The molecule has 0 spiro atoms. The van der Waals surface area contributed by atoms with Crippen LogP contribution in [-0.4, -0.2) is 19.9 Å². The van der Waals surface area contributed by atoms with Crippen LogP contribution in [0.5, 0.6) is 0 Å². The third kappa shape index (κ3) is 3.97. The van der Waals surface area contributed by atoms with Crippen LogP contribution < -0.4 is 4.72 Å². The second-order valence-corrected chi connectivity index (χ2v) is 7.23. The molecule has 0 aliphatic heterocycles. The van der Waals surface area contributed by atoms with E-state index in [2.05, 4.69) is 9.71 Å². The number of rotatable bonds is 6. The van der Waals surface area contributed by atoms with Gasteiger partial charge in [0.05, 0.1) is 5.75 Å². The van der Waals surface area contributed by atoms with Gasteiger partial charge >= 0.3 is 0 Å². The van der Waals surface area contributed by atoms with E-state index in [0.717, 1.165) is 22.2 Å². The van der Waals surface area contributed by atoms with Crippen LogP contribution in [0.15, 0.2) is 52.9 Å². The van der Waals surface area contributed by atoms with Crippen molar-refractivity contribution in [2.24, 2.45) is 0 Å². The average molecular weight is 330 g/mol. The van der Waals surface area contributed by atoms with Gasteiger partial charge in [-0.3, -0.25) is 0 Å². The molecule has 0 fully saturated rings. The van der Waals surface area contributed by atoms with Gasteiger partial charge in [0.15, 0.2) is 11.5 Å². The molecule has 0 atom stereocenters. The summed E-state index contributed by atoms with van der Waals surface area (Å²) in [5, 5.41) is 0. The fourth-order valence-corrected chi connectivity index (χ4v) is 3.54. The molecule has 0 radical (unpaired) electrons. The van der Waals surface area contributed by atoms with Crippen LogP contribution in [0, 0.1) is 6.92 Å². The molecule has 1 heterocycles. The number of oxazole rings is 1. The van der Waals surface area contributed by atoms with Gasteiger partial charge < -0.3 is 4.42 Å². The molecule has 0 aliphatic rings. The topological polar surface area (TPSA) is 72.2 Å². The molecule has 3 aromatic rings. The minimum Gasteiger partial charge on any atom is -0.441 e. The largest absolute Gasteiger partial charge is 0.441 e. The molecule has 0 saturated heterocycles. The van der Waals surface area contributed by atoms with Crippen molar-refractivity contribution < 1.29 is 12.8 Å². The summed E-state index contributed by atoms with van der Waals surface area (Å²) in [5.74, 6) is 0.511. The van der Waals surface area contributed by atoms with Crippen molar-refractivity contribution in [3.05, 3.63) is 65.5 Å². The highest BCUT2D eigenvalue weighted by atomic mass is 32.2. The molecule has 1 N–H and O–H groups in total. The molecule has 0 saturated carbocycles. The Hall–Kier alpha value is -2.18. The molecular formula is C17H18N2O3S. The lowest BCUT2D eigenvalue weighted by atomic mass is 10.2. The van der Waals surface area contributed by atoms with Gasteiger partial charge in [-0.2, -0.15) is 0 Å². The molecule has 120 valence electrons. The summed E-state index contributed by atoms with van der Waals surface area (Å²) in [5.41, 5.74) is 3.36. The Balaban J connectivity index is 1.60. The number of nitrogens with one attached hydrogen (secondary N) is 1. The van der Waals surface area contributed by atoms with E-state index in [1.165, 1.54) is 0 Å². The highest BCUT2D eigenvalue weighted by molar-refractivity contribution is 7.88. The van der Waals surface area contributed by atoms with Crippen molar-refractivity contribution in [3.63, 3.8) is 0 Å². The summed E-state index contributed by atoms with van der Waals surface area (Å²) < 4.78 is 32.3. The third-order valence-electron chi connectivity index (χ3n) is 3.53. The first-order valence-electron chi connectivity index (χ1n) is 7.40. The van der Waals surface area contributed by atoms with Gasteiger partial charge in [-0.15, -0.1) is 0 Å². The molecule has 0 aliphatic carbocycles. The van der Waals surface area contributed by atoms with Crippen molar-refractivity contribution in [1.82, 2.24) is 9.71 Å². The van der Waals surface area contributed by atoms with Crippen LogP contribution >= 0.6 is 0 Å². The Morgan fingerprint density at radius 1 is 1.09 bits per heavy atom. The number of nitrogens with zero attached hydrogens (tertiary/aromatic N) is 1. The van der Waals surface area contributed by atoms with E-state index < -0.39 is 10.0 Å². The molecule has 0 amide bonds. The Bertz CT molecular complexity index is 902. The number of fused-ring (bicyclic) bond motifs is 1. The van der Waals surface area contributed by atoms with Crippen LogP contribution in [0.25, 0.3) is 11.1 Å². The number of aryl methyl sites for hydroxylation is 1. The zero-order valence-electron chi connectivity index (χ0n) is 12.8. The highest BCUT2D eigenvalue weighted by Crippen LogP contribution is 2.18. The Labute approximate surface area is 135 Å². The van der Waals surface area contributed by atoms with Crippen molar-refractivity contribution in [3.8, 4) is 0 Å². The maximum atomic E-state index is 12.1. The van der Waals surface area contributed by atoms with Crippen LogP contribution in [0.1, 0.15) is 17.0 Å². The second kappa shape index (κ2) is 6.52. The molecule has 6 heteroatoms. The van der Waals surface area contributed by atoms with E-state index >= 15 is 0 Å². The lowest BCUT2D eigenvalue weighted by Crippen LogP contribution is -2.27. The Morgan fingerprint density at radius 3 is 2.61 bits per heavy atom. The van der Waals surface area contributed by atoms with Gasteiger partial charge in [0.2, 0.25) is 10.0 Å². The van der Waals surface area contributed by atoms with Gasteiger partial charge in [0.25, 0.3) is 0 Å². The van der Waals surface area contributed by atoms with E-state index in [1.807, 2.05) is 43.3 Å². The molecule has 23 heavy (non-hydrogen) atoms. The molecule has 5 nitrogen and oxygen atoms in total. The van der Waals surface area contributed by atoms with Crippen LogP contribution in [0.2, 0.25) is 0 Å². The quantitative estimate of drug-likeness (QED) is 0.754. The molecule has 0 unspecified atom stereocenters. The van der Waals surface area contributed by atoms with Crippen molar-refractivity contribution >= 4 is 21.1 Å². The van der Waals surface area contributed by atoms with E-state index in [9.17, 15) is 8.42 Å². The standard InChI is InChI=1S/C17H18N2O3S/c1-13-6-5-9-15-17(13)19-16(22-15)10-11-18-23(20,21)12-14-7-3-2-4-8-14/h2-9,18H,10-12H2,1H3. The maximum Gasteiger partial charge on any atom is 0.215 e. The van der Waals surface area contributed by atoms with E-state index in [4.69, 9.17) is 4.42 Å². The van der Waals surface area contributed by atoms with Crippen molar-refractivity contribution in [2.45, 2.75) is 19.1 Å². The van der Waals surface area contributed by atoms with Gasteiger partial charge in [0.1, 0.15) is 5.52 Å².